The summed E-state index contributed by atoms with van der Waals surface area (Å²) in [5.74, 6) is 9.74. The Kier molecular flexibility index (Phi) is 43.9. The highest BCUT2D eigenvalue weighted by molar-refractivity contribution is 6.39. The lowest BCUT2D eigenvalue weighted by Gasteiger charge is -2.42. The smallest absolute Gasteiger partial charge is 0.166 e. The Morgan fingerprint density at radius 3 is 1.01 bits per heavy atom. The minimum Gasteiger partial charge on any atom is -0.494 e. The fourth-order valence-electron chi connectivity index (χ4n) is 21.2. The number of rotatable bonds is 72. The summed E-state index contributed by atoms with van der Waals surface area (Å²) in [6.07, 6.45) is 66.1. The van der Waals surface area contributed by atoms with Crippen LogP contribution in [0.4, 0.5) is 0 Å². The largest absolute Gasteiger partial charge is 0.494 e. The molecule has 9 aromatic rings. The molecule has 0 amide bonds. The van der Waals surface area contributed by atoms with E-state index in [0.717, 1.165) is 484 Å². The van der Waals surface area contributed by atoms with Gasteiger partial charge in [0, 0.05) is 49.9 Å². The van der Waals surface area contributed by atoms with Gasteiger partial charge in [-0.2, -0.15) is 0 Å². The number of fused-ring (bicyclic) bond motifs is 19. The van der Waals surface area contributed by atoms with Crippen LogP contribution in [0.15, 0.2) is 137 Å². The lowest BCUT2D eigenvalue weighted by Crippen LogP contribution is -2.37. The first-order valence-electron chi connectivity index (χ1n) is 56.5. The van der Waals surface area contributed by atoms with E-state index in [-0.39, 0.29) is 0 Å². The van der Waals surface area contributed by atoms with Crippen LogP contribution in [-0.4, -0.2) is 79.3 Å². The van der Waals surface area contributed by atoms with Gasteiger partial charge in [0.15, 0.2) is 40.3 Å². The Morgan fingerprint density at radius 2 is 0.572 bits per heavy atom. The first-order chi connectivity index (χ1) is 68.1. The van der Waals surface area contributed by atoms with Gasteiger partial charge < -0.3 is 56.8 Å². The summed E-state index contributed by atoms with van der Waals surface area (Å²) in [6, 6.07) is 28.6. The maximum absolute atomic E-state index is 8.30. The molecule has 0 aromatic heterocycles. The molecule has 9 aromatic carbocycles. The van der Waals surface area contributed by atoms with Gasteiger partial charge in [-0.15, -0.1) is 0 Å². The van der Waals surface area contributed by atoms with Gasteiger partial charge in [-0.05, 0) is 225 Å². The van der Waals surface area contributed by atoms with Crippen LogP contribution in [0.5, 0.6) is 34.5 Å². The average Bonchev–Trinajstić information content (AvgIpc) is 0.678. The molecular weight excluding hydrogens is 1710 g/mol. The van der Waals surface area contributed by atoms with Crippen LogP contribution in [0.25, 0.3) is 104 Å². The third-order valence-electron chi connectivity index (χ3n) is 29.0. The van der Waals surface area contributed by atoms with E-state index in [9.17, 15) is 0 Å². The van der Waals surface area contributed by atoms with Crippen molar-refractivity contribution in [2.24, 2.45) is 5.41 Å². The first kappa shape index (κ1) is 106. The molecular formula is C126H176O12. The highest BCUT2D eigenvalue weighted by Gasteiger charge is 2.48. The van der Waals surface area contributed by atoms with Crippen molar-refractivity contribution in [3.8, 4) is 34.5 Å². The summed E-state index contributed by atoms with van der Waals surface area (Å²) in [5.41, 5.74) is 3.43. The summed E-state index contributed by atoms with van der Waals surface area (Å²) in [6.45, 7) is 34.3. The van der Waals surface area contributed by atoms with Crippen LogP contribution in [0.1, 0.15) is 402 Å². The number of hydrogen-bond donors (Lipinski definition) is 0. The maximum Gasteiger partial charge on any atom is 0.166 e. The van der Waals surface area contributed by atoms with Crippen LogP contribution >= 0.6 is 0 Å². The lowest BCUT2D eigenvalue weighted by atomic mass is 9.64. The second-order valence-electron chi connectivity index (χ2n) is 40.1. The van der Waals surface area contributed by atoms with Crippen molar-refractivity contribution in [3.63, 3.8) is 0 Å². The molecule has 752 valence electrons. The molecule has 4 aliphatic rings. The Morgan fingerprint density at radius 1 is 0.239 bits per heavy atom. The molecule has 12 heteroatoms. The fourth-order valence-corrected chi connectivity index (χ4v) is 21.2. The molecule has 0 bridgehead atoms. The molecule has 0 aliphatic heterocycles. The second kappa shape index (κ2) is 57.1. The monoisotopic (exact) mass is 1880 g/mol. The first-order valence-corrected chi connectivity index (χ1v) is 56.5. The molecule has 0 saturated carbocycles. The van der Waals surface area contributed by atoms with Crippen molar-refractivity contribution < 1.29 is 56.8 Å². The van der Waals surface area contributed by atoms with Crippen molar-refractivity contribution in [3.05, 3.63) is 159 Å². The van der Waals surface area contributed by atoms with Gasteiger partial charge in [0.25, 0.3) is 0 Å². The molecule has 4 aliphatic carbocycles. The predicted molar refractivity (Wildman–Crippen MR) is 585 cm³/mol. The molecule has 13 rings (SSSR count). The van der Waals surface area contributed by atoms with E-state index in [4.69, 9.17) is 56.8 Å². The van der Waals surface area contributed by atoms with E-state index >= 15 is 0 Å². The number of allylic oxidation sites excluding steroid dienone is 8. The standard InChI is InChI=1S/C126H176O12/c1-13-25-37-49-71-127-107-65-61-63-93-97-88-111(131-75-53-41-29-17-5)113(133-77-55-43-31-19-7)90-99(97)103-86-102-96-85-95-92(84-106-122(135-79-57-45-33-21-9)109(129-73-51-39-27-15-3)67-69-126(106)70-68-110(130-74-52-40-28-16-4)123(121(95)126)136-80-58-46-34-22-10)83-101(96)115-105(116(102)125(119(103)117(93)107)138-82-60-48-36-24-12)87-104-100-91-114(134-78-56-44-32-20-8)112(132-76-54-42-30-18-6)89-98(100)94-64-62-66-108(128-72-50-38-26-14-2)118(94)120(104)124(115)137-81-59-47-35-23-11/h61-70,83-89,91H,13-60,71-82,90H2,1-12H3. The van der Waals surface area contributed by atoms with Crippen LogP contribution in [0.3, 0.4) is 0 Å². The molecule has 0 fully saturated rings. The third-order valence-corrected chi connectivity index (χ3v) is 29.0. The normalized spacial score (nSPS) is 14.6. The van der Waals surface area contributed by atoms with Crippen LogP contribution < -0.4 is 38.9 Å². The van der Waals surface area contributed by atoms with Crippen molar-refractivity contribution in [1.82, 2.24) is 0 Å². The van der Waals surface area contributed by atoms with E-state index in [1.54, 1.807) is 0 Å². The Labute approximate surface area is 831 Å². The number of hydrogen-bond acceptors (Lipinski definition) is 12. The van der Waals surface area contributed by atoms with Crippen molar-refractivity contribution in [1.29, 1.82) is 0 Å². The zero-order valence-corrected chi connectivity index (χ0v) is 87.9. The second-order valence-corrected chi connectivity index (χ2v) is 40.1. The van der Waals surface area contributed by atoms with Crippen LogP contribution in [0.2, 0.25) is 0 Å². The van der Waals surface area contributed by atoms with E-state index in [1.807, 2.05) is 0 Å². The minimum absolute atomic E-state index is 0.486. The summed E-state index contributed by atoms with van der Waals surface area (Å²) >= 11 is 0. The fraction of sp³-hybridized carbons (Fsp3) is 0.587. The maximum atomic E-state index is 8.30. The Balaban J connectivity index is 1.30. The van der Waals surface area contributed by atoms with Gasteiger partial charge in [-0.3, -0.25) is 0 Å². The summed E-state index contributed by atoms with van der Waals surface area (Å²) in [4.78, 5) is 0. The Bertz CT molecular complexity index is 5720. The summed E-state index contributed by atoms with van der Waals surface area (Å²) in [7, 11) is 0. The number of unbranched alkanes of at least 4 members (excludes halogenated alkanes) is 36. The van der Waals surface area contributed by atoms with Crippen molar-refractivity contribution in [2.45, 2.75) is 398 Å². The van der Waals surface area contributed by atoms with Crippen molar-refractivity contribution in [2.75, 3.05) is 79.3 Å². The minimum atomic E-state index is -0.891. The SMILES string of the molecule is CCCCCCOC1=C(OCCCCCC)Cc2c(c3cccc(OCCCCCC)c3c3c(OCCCCCC)c4c(cc23)c2cc3c(cc2c2c(OCCCCCC)c5c(cc42)c2cc(OCCCCCC)c(OCCCCCC)cc2c2cccc(OCCCCCC)c25)C=C2C(OCCCCCC)=C(OCCCCCC)C=CC24C=CC(OCCCCCC)=C(OCCCCCC)C=34)=C1. The van der Waals surface area contributed by atoms with Gasteiger partial charge in [0.2, 0.25) is 0 Å². The van der Waals surface area contributed by atoms with E-state index in [0.29, 0.717) is 85.7 Å². The van der Waals surface area contributed by atoms with Gasteiger partial charge in [0.05, 0.1) is 84.7 Å². The van der Waals surface area contributed by atoms with E-state index in [1.165, 1.54) is 12.0 Å². The molecule has 138 heavy (non-hydrogen) atoms. The van der Waals surface area contributed by atoms with E-state index in [2.05, 4.69) is 192 Å². The van der Waals surface area contributed by atoms with Crippen LogP contribution in [-0.2, 0) is 34.8 Å². The molecule has 12 nitrogen and oxygen atoms in total. The lowest BCUT2D eigenvalue weighted by molar-refractivity contribution is 0.151. The predicted octanol–water partition coefficient (Wildman–Crippen LogP) is 35.9. The number of benzene rings is 9. The Hall–Kier alpha value is -9.16. The van der Waals surface area contributed by atoms with Crippen LogP contribution in [0, 0.1) is 5.41 Å². The third kappa shape index (κ3) is 26.6. The van der Waals surface area contributed by atoms with Gasteiger partial charge >= 0.3 is 0 Å². The average molecular weight is 1880 g/mol. The highest BCUT2D eigenvalue weighted by Crippen LogP contribution is 2.59. The zero-order chi connectivity index (χ0) is 96.5. The molecule has 1 spiro atoms. The van der Waals surface area contributed by atoms with Crippen molar-refractivity contribution >= 4 is 104 Å². The van der Waals surface area contributed by atoms with E-state index < -0.39 is 5.41 Å². The molecule has 1 unspecified atom stereocenters. The molecule has 0 saturated heterocycles. The molecule has 0 radical (unpaired) electrons. The zero-order valence-electron chi connectivity index (χ0n) is 87.9. The topological polar surface area (TPSA) is 111 Å². The molecule has 0 N–H and O–H groups in total. The summed E-state index contributed by atoms with van der Waals surface area (Å²) < 4.78 is 90.2. The number of ether oxygens (including phenoxy) is 12. The molecule has 1 atom stereocenters. The van der Waals surface area contributed by atoms with Gasteiger partial charge in [0.1, 0.15) is 28.8 Å². The molecule has 0 heterocycles. The summed E-state index contributed by atoms with van der Waals surface area (Å²) in [5, 5.41) is 19.1. The quantitative estimate of drug-likeness (QED) is 0.0206. The van der Waals surface area contributed by atoms with Gasteiger partial charge in [-0.25, -0.2) is 0 Å². The highest BCUT2D eigenvalue weighted by atomic mass is 16.5. The van der Waals surface area contributed by atoms with Gasteiger partial charge in [-0.1, -0.05) is 351 Å².